The second-order valence-corrected chi connectivity index (χ2v) is 8.36. The third-order valence-corrected chi connectivity index (χ3v) is 5.60. The molecule has 1 amide bonds. The zero-order valence-corrected chi connectivity index (χ0v) is 18.3. The third-order valence-electron chi connectivity index (χ3n) is 5.40. The van der Waals surface area contributed by atoms with Crippen molar-refractivity contribution in [3.63, 3.8) is 0 Å². The predicted octanol–water partition coefficient (Wildman–Crippen LogP) is 3.52. The highest BCUT2D eigenvalue weighted by atomic mass is 35.5. The van der Waals surface area contributed by atoms with Crippen molar-refractivity contribution >= 4 is 23.5 Å². The number of aryl methyl sites for hydroxylation is 1. The van der Waals surface area contributed by atoms with E-state index in [2.05, 4.69) is 25.4 Å². The van der Waals surface area contributed by atoms with Crippen molar-refractivity contribution in [3.05, 3.63) is 53.7 Å². The van der Waals surface area contributed by atoms with Crippen molar-refractivity contribution < 1.29 is 13.6 Å². The van der Waals surface area contributed by atoms with Gasteiger partial charge in [0.1, 0.15) is 0 Å². The highest BCUT2D eigenvalue weighted by Crippen LogP contribution is 2.36. The summed E-state index contributed by atoms with van der Waals surface area (Å²) in [6, 6.07) is 4.78. The monoisotopic (exact) mass is 461 g/mol. The number of pyridine rings is 1. The summed E-state index contributed by atoms with van der Waals surface area (Å²) in [6.45, 7) is 1.22. The highest BCUT2D eigenvalue weighted by molar-refractivity contribution is 6.30. The minimum atomic E-state index is -3.00. The van der Waals surface area contributed by atoms with E-state index in [0.717, 1.165) is 0 Å². The first-order chi connectivity index (χ1) is 15.2. The number of piperidine rings is 1. The number of aromatic nitrogens is 5. The van der Waals surface area contributed by atoms with Crippen molar-refractivity contribution in [2.45, 2.75) is 25.3 Å². The van der Waals surface area contributed by atoms with E-state index in [9.17, 15) is 13.6 Å². The number of likely N-dealkylation sites (tertiary alicyclic amines) is 1. The van der Waals surface area contributed by atoms with Crippen molar-refractivity contribution in [2.75, 3.05) is 18.4 Å². The molecule has 2 unspecified atom stereocenters. The molecule has 1 aliphatic heterocycles. The smallest absolute Gasteiger partial charge is 0.275 e. The largest absolute Gasteiger partial charge is 0.352 e. The molecular weight excluding hydrogens is 440 g/mol. The van der Waals surface area contributed by atoms with Gasteiger partial charge in [-0.1, -0.05) is 24.6 Å². The summed E-state index contributed by atoms with van der Waals surface area (Å²) in [5.74, 6) is -3.73. The Morgan fingerprint density at radius 3 is 2.72 bits per heavy atom. The lowest BCUT2D eigenvalue weighted by Crippen LogP contribution is -2.57. The number of halogens is 3. The molecule has 3 aromatic rings. The molecule has 0 saturated carbocycles. The van der Waals surface area contributed by atoms with Gasteiger partial charge in [-0.2, -0.15) is 5.10 Å². The summed E-state index contributed by atoms with van der Waals surface area (Å²) < 4.78 is 30.5. The number of hydrogen-bond acceptors (Lipinski definition) is 6. The van der Waals surface area contributed by atoms with Crippen LogP contribution in [0, 0.1) is 5.92 Å². The fourth-order valence-corrected chi connectivity index (χ4v) is 4.07. The van der Waals surface area contributed by atoms with Crippen LogP contribution in [0.15, 0.2) is 43.0 Å². The SMILES string of the molecule is CC1CC(F)(F)CN(C(=O)c2nn(C)cc2-c2ccccn2)C1CNc1ncc(Cl)cn1. The summed E-state index contributed by atoms with van der Waals surface area (Å²) in [5, 5.41) is 7.69. The molecule has 0 radical (unpaired) electrons. The van der Waals surface area contributed by atoms with Gasteiger partial charge in [-0.15, -0.1) is 0 Å². The van der Waals surface area contributed by atoms with Crippen LogP contribution in [0.1, 0.15) is 23.8 Å². The molecule has 0 spiro atoms. The molecule has 1 fully saturated rings. The van der Waals surface area contributed by atoms with Crippen LogP contribution in [-0.2, 0) is 7.05 Å². The molecule has 0 bridgehead atoms. The van der Waals surface area contributed by atoms with Crippen LogP contribution >= 0.6 is 11.6 Å². The van der Waals surface area contributed by atoms with Crippen molar-refractivity contribution in [1.82, 2.24) is 29.6 Å². The number of alkyl halides is 2. The van der Waals surface area contributed by atoms with Crippen LogP contribution in [0.2, 0.25) is 5.02 Å². The van der Waals surface area contributed by atoms with Crippen LogP contribution in [0.4, 0.5) is 14.7 Å². The topological polar surface area (TPSA) is 88.8 Å². The number of nitrogens with one attached hydrogen (secondary N) is 1. The lowest BCUT2D eigenvalue weighted by atomic mass is 9.88. The van der Waals surface area contributed by atoms with Crippen LogP contribution < -0.4 is 5.32 Å². The Bertz CT molecular complexity index is 1090. The molecule has 168 valence electrons. The van der Waals surface area contributed by atoms with E-state index >= 15 is 0 Å². The summed E-state index contributed by atoms with van der Waals surface area (Å²) in [5.41, 5.74) is 1.13. The molecule has 4 heterocycles. The molecule has 0 aromatic carbocycles. The van der Waals surface area contributed by atoms with E-state index in [-0.39, 0.29) is 18.7 Å². The lowest BCUT2D eigenvalue weighted by Gasteiger charge is -2.43. The Morgan fingerprint density at radius 2 is 2.03 bits per heavy atom. The molecule has 4 rings (SSSR count). The van der Waals surface area contributed by atoms with Crippen molar-refractivity contribution in [3.8, 4) is 11.3 Å². The molecule has 8 nitrogen and oxygen atoms in total. The van der Waals surface area contributed by atoms with E-state index < -0.39 is 30.3 Å². The molecule has 1 N–H and O–H groups in total. The molecule has 3 aromatic heterocycles. The van der Waals surface area contributed by atoms with Crippen molar-refractivity contribution in [2.24, 2.45) is 13.0 Å². The first-order valence-electron chi connectivity index (χ1n) is 10.1. The van der Waals surface area contributed by atoms with Gasteiger partial charge in [0.25, 0.3) is 11.8 Å². The zero-order valence-electron chi connectivity index (χ0n) is 17.5. The summed E-state index contributed by atoms with van der Waals surface area (Å²) >= 11 is 5.81. The van der Waals surface area contributed by atoms with Gasteiger partial charge >= 0.3 is 0 Å². The fraction of sp³-hybridized carbons (Fsp3) is 0.381. The summed E-state index contributed by atoms with van der Waals surface area (Å²) in [7, 11) is 1.67. The van der Waals surface area contributed by atoms with Crippen LogP contribution in [0.25, 0.3) is 11.3 Å². The number of rotatable bonds is 5. The molecular formula is C21H22ClF2N7O. The van der Waals surface area contributed by atoms with E-state index in [4.69, 9.17) is 11.6 Å². The molecule has 1 saturated heterocycles. The Labute approximate surface area is 188 Å². The van der Waals surface area contributed by atoms with Gasteiger partial charge in [0.2, 0.25) is 5.95 Å². The number of carbonyl (C=O) groups is 1. The average Bonchev–Trinajstić information content (AvgIpc) is 3.15. The number of amides is 1. The molecule has 1 aliphatic rings. The van der Waals surface area contributed by atoms with Gasteiger partial charge < -0.3 is 10.2 Å². The second-order valence-electron chi connectivity index (χ2n) is 7.92. The van der Waals surface area contributed by atoms with Gasteiger partial charge in [-0.25, -0.2) is 18.7 Å². The number of nitrogens with zero attached hydrogens (tertiary/aromatic N) is 6. The van der Waals surface area contributed by atoms with E-state index in [1.807, 2.05) is 0 Å². The Morgan fingerprint density at radius 1 is 1.28 bits per heavy atom. The second kappa shape index (κ2) is 8.78. The van der Waals surface area contributed by atoms with E-state index in [1.54, 1.807) is 44.6 Å². The first-order valence-corrected chi connectivity index (χ1v) is 10.5. The van der Waals surface area contributed by atoms with Crippen molar-refractivity contribution in [1.29, 1.82) is 0 Å². The molecule has 2 atom stereocenters. The van der Waals surface area contributed by atoms with Gasteiger partial charge in [-0.3, -0.25) is 14.5 Å². The lowest BCUT2D eigenvalue weighted by molar-refractivity contribution is -0.0898. The number of hydrogen-bond donors (Lipinski definition) is 1. The Kier molecular flexibility index (Phi) is 6.05. The standard InChI is InChI=1S/C21H22ClF2N7O/c1-13-7-21(23,24)12-31(17(13)10-28-20-26-8-14(22)9-27-20)19(32)18-15(11-30(2)29-18)16-5-3-4-6-25-16/h3-6,8-9,11,13,17H,7,10,12H2,1-2H3,(H,26,27,28). The quantitative estimate of drug-likeness (QED) is 0.625. The van der Waals surface area contributed by atoms with Crippen LogP contribution in [0.5, 0.6) is 0 Å². The highest BCUT2D eigenvalue weighted by Gasteiger charge is 2.46. The fourth-order valence-electron chi connectivity index (χ4n) is 3.97. The Balaban J connectivity index is 1.64. The summed E-state index contributed by atoms with van der Waals surface area (Å²) in [6.07, 6.45) is 5.82. The maximum atomic E-state index is 14.5. The maximum absolute atomic E-state index is 14.5. The first kappa shape index (κ1) is 22.1. The van der Waals surface area contributed by atoms with Gasteiger partial charge in [0.15, 0.2) is 5.69 Å². The zero-order chi connectivity index (χ0) is 22.9. The van der Waals surface area contributed by atoms with E-state index in [0.29, 0.717) is 22.2 Å². The van der Waals surface area contributed by atoms with E-state index in [1.165, 1.54) is 22.0 Å². The Hall–Kier alpha value is -3.14. The van der Waals surface area contributed by atoms with Crippen LogP contribution in [-0.4, -0.2) is 60.6 Å². The van der Waals surface area contributed by atoms with Crippen LogP contribution in [0.3, 0.4) is 0 Å². The summed E-state index contributed by atoms with van der Waals surface area (Å²) in [4.78, 5) is 27.1. The van der Waals surface area contributed by atoms with Gasteiger partial charge in [0.05, 0.1) is 41.3 Å². The van der Waals surface area contributed by atoms with Gasteiger partial charge in [0, 0.05) is 32.4 Å². The predicted molar refractivity (Wildman–Crippen MR) is 116 cm³/mol. The minimum absolute atomic E-state index is 0.0869. The average molecular weight is 462 g/mol. The molecule has 32 heavy (non-hydrogen) atoms. The van der Waals surface area contributed by atoms with Gasteiger partial charge in [-0.05, 0) is 18.1 Å². The normalized spacial score (nSPS) is 20.2. The third kappa shape index (κ3) is 4.69. The maximum Gasteiger partial charge on any atom is 0.275 e. The number of carbonyl (C=O) groups excluding carboxylic acids is 1. The minimum Gasteiger partial charge on any atom is -0.352 e. The number of anilines is 1. The molecule has 0 aliphatic carbocycles. The molecule has 11 heteroatoms.